The molecule has 2 aromatic rings. The van der Waals surface area contributed by atoms with Crippen molar-refractivity contribution in [1.29, 1.82) is 0 Å². The van der Waals surface area contributed by atoms with Crippen LogP contribution in [0.5, 0.6) is 5.75 Å². The molecule has 4 heteroatoms. The van der Waals surface area contributed by atoms with Gasteiger partial charge in [-0.3, -0.25) is 4.79 Å². The van der Waals surface area contributed by atoms with E-state index in [0.717, 1.165) is 36.6 Å². The Labute approximate surface area is 135 Å². The van der Waals surface area contributed by atoms with Gasteiger partial charge in [-0.1, -0.05) is 0 Å². The molecule has 116 valence electrons. The summed E-state index contributed by atoms with van der Waals surface area (Å²) < 4.78 is 5.31. The van der Waals surface area contributed by atoms with Crippen LogP contribution in [0.3, 0.4) is 0 Å². The fraction of sp³-hybridized carbons (Fsp3) is 0.389. The van der Waals surface area contributed by atoms with Gasteiger partial charge in [0.05, 0.1) is 12.0 Å². The molecule has 0 fully saturated rings. The molecule has 1 amide bonds. The van der Waals surface area contributed by atoms with Crippen molar-refractivity contribution in [2.45, 2.75) is 26.7 Å². The molecule has 0 saturated heterocycles. The van der Waals surface area contributed by atoms with Gasteiger partial charge in [-0.15, -0.1) is 11.3 Å². The maximum Gasteiger partial charge on any atom is 0.263 e. The topological polar surface area (TPSA) is 29.5 Å². The zero-order valence-corrected chi connectivity index (χ0v) is 14.1. The maximum atomic E-state index is 12.6. The Kier molecular flexibility index (Phi) is 4.21. The molecule has 1 aliphatic rings. The van der Waals surface area contributed by atoms with Crippen molar-refractivity contribution in [2.75, 3.05) is 20.2 Å². The first-order valence-corrected chi connectivity index (χ1v) is 8.58. The zero-order valence-electron chi connectivity index (χ0n) is 13.3. The van der Waals surface area contributed by atoms with Crippen molar-refractivity contribution in [3.05, 3.63) is 40.3 Å². The average Bonchev–Trinajstić information content (AvgIpc) is 2.99. The fourth-order valence-corrected chi connectivity index (χ4v) is 4.25. The van der Waals surface area contributed by atoms with Gasteiger partial charge < -0.3 is 9.64 Å². The Hall–Kier alpha value is -1.81. The molecule has 1 heterocycles. The number of carbonyl (C=O) groups is 1. The van der Waals surface area contributed by atoms with Gasteiger partial charge in [0, 0.05) is 18.0 Å². The standard InChI is InChI=1S/C18H21NO2S/c1-4-19(5-2)18(20)16-11-13-7-6-12-10-14(21-3)8-9-15(12)17(13)22-16/h8-11H,4-7H2,1-3H3. The van der Waals surface area contributed by atoms with E-state index < -0.39 is 0 Å². The molecule has 0 aliphatic heterocycles. The first kappa shape index (κ1) is 15.1. The summed E-state index contributed by atoms with van der Waals surface area (Å²) in [6.45, 7) is 5.56. The summed E-state index contributed by atoms with van der Waals surface area (Å²) in [7, 11) is 1.70. The van der Waals surface area contributed by atoms with Crippen molar-refractivity contribution < 1.29 is 9.53 Å². The molecule has 0 spiro atoms. The number of rotatable bonds is 4. The van der Waals surface area contributed by atoms with E-state index in [0.29, 0.717) is 0 Å². The summed E-state index contributed by atoms with van der Waals surface area (Å²) in [5.41, 5.74) is 3.87. The summed E-state index contributed by atoms with van der Waals surface area (Å²) in [6, 6.07) is 8.32. The number of benzene rings is 1. The van der Waals surface area contributed by atoms with E-state index in [1.165, 1.54) is 21.6 Å². The van der Waals surface area contributed by atoms with Crippen LogP contribution in [-0.2, 0) is 12.8 Å². The van der Waals surface area contributed by atoms with Gasteiger partial charge in [0.1, 0.15) is 5.75 Å². The largest absolute Gasteiger partial charge is 0.497 e. The number of hydrogen-bond acceptors (Lipinski definition) is 3. The summed E-state index contributed by atoms with van der Waals surface area (Å²) >= 11 is 1.63. The first-order chi connectivity index (χ1) is 10.7. The summed E-state index contributed by atoms with van der Waals surface area (Å²) in [4.78, 5) is 16.5. The van der Waals surface area contributed by atoms with E-state index in [2.05, 4.69) is 18.2 Å². The highest BCUT2D eigenvalue weighted by Crippen LogP contribution is 2.41. The van der Waals surface area contributed by atoms with Crippen LogP contribution in [-0.4, -0.2) is 31.0 Å². The van der Waals surface area contributed by atoms with Gasteiger partial charge in [-0.25, -0.2) is 0 Å². The third-order valence-corrected chi connectivity index (χ3v) is 5.49. The molecular weight excluding hydrogens is 294 g/mol. The Morgan fingerprint density at radius 2 is 1.91 bits per heavy atom. The maximum absolute atomic E-state index is 12.6. The number of ether oxygens (including phenoxy) is 1. The summed E-state index contributed by atoms with van der Waals surface area (Å²) in [5.74, 6) is 1.05. The van der Waals surface area contributed by atoms with Gasteiger partial charge in [0.2, 0.25) is 0 Å². The van der Waals surface area contributed by atoms with Crippen molar-refractivity contribution in [3.8, 4) is 16.2 Å². The molecule has 0 bridgehead atoms. The van der Waals surface area contributed by atoms with Gasteiger partial charge in [-0.2, -0.15) is 0 Å². The van der Waals surface area contributed by atoms with Crippen LogP contribution >= 0.6 is 11.3 Å². The molecule has 0 unspecified atom stereocenters. The van der Waals surface area contributed by atoms with Crippen LogP contribution in [0.2, 0.25) is 0 Å². The third-order valence-electron chi connectivity index (χ3n) is 4.29. The van der Waals surface area contributed by atoms with E-state index in [9.17, 15) is 4.79 Å². The Morgan fingerprint density at radius 3 is 2.59 bits per heavy atom. The SMILES string of the molecule is CCN(CC)C(=O)c1cc2c(s1)-c1ccc(OC)cc1CC2. The molecule has 0 saturated carbocycles. The molecule has 0 radical (unpaired) electrons. The summed E-state index contributed by atoms with van der Waals surface area (Å²) in [6.07, 6.45) is 2.01. The van der Waals surface area contributed by atoms with Crippen LogP contribution in [0, 0.1) is 0 Å². The lowest BCUT2D eigenvalue weighted by Crippen LogP contribution is -2.29. The molecule has 3 rings (SSSR count). The lowest BCUT2D eigenvalue weighted by atomic mass is 9.91. The van der Waals surface area contributed by atoms with Gasteiger partial charge >= 0.3 is 0 Å². The highest BCUT2D eigenvalue weighted by Gasteiger charge is 2.23. The number of fused-ring (bicyclic) bond motifs is 3. The molecule has 22 heavy (non-hydrogen) atoms. The molecule has 1 aromatic heterocycles. The van der Waals surface area contributed by atoms with Gasteiger partial charge in [0.25, 0.3) is 5.91 Å². The minimum Gasteiger partial charge on any atom is -0.497 e. The van der Waals surface area contributed by atoms with Gasteiger partial charge in [-0.05, 0) is 67.6 Å². The second kappa shape index (κ2) is 6.13. The van der Waals surface area contributed by atoms with Crippen molar-refractivity contribution in [3.63, 3.8) is 0 Å². The van der Waals surface area contributed by atoms with E-state index in [-0.39, 0.29) is 5.91 Å². The minimum atomic E-state index is 0.152. The predicted octanol–water partition coefficient (Wildman–Crippen LogP) is 4.00. The predicted molar refractivity (Wildman–Crippen MR) is 91.0 cm³/mol. The summed E-state index contributed by atoms with van der Waals surface area (Å²) in [5, 5.41) is 0. The normalized spacial score (nSPS) is 12.5. The van der Waals surface area contributed by atoms with Crippen LogP contribution in [0.1, 0.15) is 34.6 Å². The number of aryl methyl sites for hydroxylation is 2. The zero-order chi connectivity index (χ0) is 15.7. The molecule has 0 atom stereocenters. The molecule has 3 nitrogen and oxygen atoms in total. The average molecular weight is 315 g/mol. The third kappa shape index (κ3) is 2.52. The Morgan fingerprint density at radius 1 is 1.18 bits per heavy atom. The molecule has 0 N–H and O–H groups in total. The number of amides is 1. The van der Waals surface area contributed by atoms with E-state index in [4.69, 9.17) is 4.74 Å². The lowest BCUT2D eigenvalue weighted by Gasteiger charge is -2.17. The number of hydrogen-bond donors (Lipinski definition) is 0. The number of nitrogens with zero attached hydrogens (tertiary/aromatic N) is 1. The molecule has 1 aliphatic carbocycles. The number of carbonyl (C=O) groups excluding carboxylic acids is 1. The number of thiophene rings is 1. The molecular formula is C18H21NO2S. The molecule has 1 aromatic carbocycles. The van der Waals surface area contributed by atoms with Gasteiger partial charge in [0.15, 0.2) is 0 Å². The lowest BCUT2D eigenvalue weighted by molar-refractivity contribution is 0.0778. The Balaban J connectivity index is 1.99. The highest BCUT2D eigenvalue weighted by atomic mass is 32.1. The van der Waals surface area contributed by atoms with E-state index >= 15 is 0 Å². The monoisotopic (exact) mass is 315 g/mol. The Bertz CT molecular complexity index is 701. The quantitative estimate of drug-likeness (QED) is 0.853. The first-order valence-electron chi connectivity index (χ1n) is 7.77. The fourth-order valence-electron chi connectivity index (χ4n) is 3.01. The van der Waals surface area contributed by atoms with Crippen molar-refractivity contribution in [2.24, 2.45) is 0 Å². The van der Waals surface area contributed by atoms with Crippen LogP contribution in [0.4, 0.5) is 0 Å². The highest BCUT2D eigenvalue weighted by molar-refractivity contribution is 7.17. The van der Waals surface area contributed by atoms with E-state index in [1.54, 1.807) is 18.4 Å². The smallest absolute Gasteiger partial charge is 0.263 e. The number of methoxy groups -OCH3 is 1. The second-order valence-electron chi connectivity index (χ2n) is 5.47. The van der Waals surface area contributed by atoms with Crippen LogP contribution < -0.4 is 4.74 Å². The van der Waals surface area contributed by atoms with Crippen molar-refractivity contribution >= 4 is 17.2 Å². The van der Waals surface area contributed by atoms with E-state index in [1.807, 2.05) is 24.8 Å². The van der Waals surface area contributed by atoms with Crippen molar-refractivity contribution in [1.82, 2.24) is 4.90 Å². The minimum absolute atomic E-state index is 0.152. The van der Waals surface area contributed by atoms with Crippen LogP contribution in [0.25, 0.3) is 10.4 Å². The van der Waals surface area contributed by atoms with Crippen LogP contribution in [0.15, 0.2) is 24.3 Å². The second-order valence-corrected chi connectivity index (χ2v) is 6.52.